The number of ether oxygens (including phenoxy) is 1. The van der Waals surface area contributed by atoms with Gasteiger partial charge in [-0.15, -0.1) is 0 Å². The van der Waals surface area contributed by atoms with Crippen LogP contribution in [-0.4, -0.2) is 56.0 Å². The molecule has 0 aromatic carbocycles. The number of nitrogens with zero attached hydrogens (tertiary/aromatic N) is 1. The van der Waals surface area contributed by atoms with Crippen molar-refractivity contribution < 1.29 is 9.84 Å². The van der Waals surface area contributed by atoms with Gasteiger partial charge < -0.3 is 15.6 Å². The molecule has 1 unspecified atom stereocenters. The molecule has 0 radical (unpaired) electrons. The topological polar surface area (TPSA) is 58.7 Å². The molecule has 4 heteroatoms. The quantitative estimate of drug-likeness (QED) is 0.557. The van der Waals surface area contributed by atoms with Crippen molar-refractivity contribution >= 4 is 0 Å². The normalized spacial score (nSPS) is 13.5. The van der Waals surface area contributed by atoms with Crippen molar-refractivity contribution in [1.29, 1.82) is 0 Å². The summed E-state index contributed by atoms with van der Waals surface area (Å²) >= 11 is 0. The summed E-state index contributed by atoms with van der Waals surface area (Å²) in [5, 5.41) is 8.93. The number of aliphatic hydroxyl groups excluding tert-OH is 1. The molecule has 0 saturated heterocycles. The Morgan fingerprint density at radius 1 is 1.43 bits per heavy atom. The van der Waals surface area contributed by atoms with E-state index in [1.807, 2.05) is 0 Å². The fraction of sp³-hybridized carbons (Fsp3) is 1.00. The molecule has 0 spiro atoms. The van der Waals surface area contributed by atoms with Gasteiger partial charge in [0.1, 0.15) is 0 Å². The second-order valence-electron chi connectivity index (χ2n) is 3.39. The molecule has 0 aliphatic rings. The van der Waals surface area contributed by atoms with Crippen molar-refractivity contribution in [2.24, 2.45) is 5.73 Å². The van der Waals surface area contributed by atoms with Gasteiger partial charge in [0.25, 0.3) is 0 Å². The predicted octanol–water partition coefficient (Wildman–Crippen LogP) is 0.0545. The second kappa shape index (κ2) is 9.40. The summed E-state index contributed by atoms with van der Waals surface area (Å²) in [6.07, 6.45) is 2.06. The van der Waals surface area contributed by atoms with E-state index in [1.54, 1.807) is 7.11 Å². The zero-order chi connectivity index (χ0) is 10.8. The molecular weight excluding hydrogens is 180 g/mol. The fourth-order valence-electron chi connectivity index (χ4n) is 1.65. The summed E-state index contributed by atoms with van der Waals surface area (Å²) in [4.78, 5) is 2.25. The summed E-state index contributed by atoms with van der Waals surface area (Å²) in [5.41, 5.74) is 5.55. The summed E-state index contributed by atoms with van der Waals surface area (Å²) in [7, 11) is 1.70. The number of methoxy groups -OCH3 is 1. The van der Waals surface area contributed by atoms with Crippen LogP contribution in [0.25, 0.3) is 0 Å². The number of hydrogen-bond acceptors (Lipinski definition) is 4. The van der Waals surface area contributed by atoms with Gasteiger partial charge in [0.15, 0.2) is 0 Å². The van der Waals surface area contributed by atoms with E-state index < -0.39 is 0 Å². The highest BCUT2D eigenvalue weighted by molar-refractivity contribution is 4.70. The van der Waals surface area contributed by atoms with Crippen LogP contribution >= 0.6 is 0 Å². The predicted molar refractivity (Wildman–Crippen MR) is 58.3 cm³/mol. The summed E-state index contributed by atoms with van der Waals surface area (Å²) < 4.78 is 5.04. The Balaban J connectivity index is 3.97. The van der Waals surface area contributed by atoms with E-state index in [0.29, 0.717) is 25.7 Å². The molecule has 0 bridgehead atoms. The van der Waals surface area contributed by atoms with E-state index in [2.05, 4.69) is 11.8 Å². The van der Waals surface area contributed by atoms with Crippen molar-refractivity contribution in [3.05, 3.63) is 0 Å². The van der Waals surface area contributed by atoms with Gasteiger partial charge in [-0.3, -0.25) is 4.90 Å². The average Bonchev–Trinajstić information content (AvgIpc) is 2.21. The van der Waals surface area contributed by atoms with Gasteiger partial charge in [-0.05, 0) is 19.4 Å². The maximum absolute atomic E-state index is 8.93. The Morgan fingerprint density at radius 2 is 2.14 bits per heavy atom. The fourth-order valence-corrected chi connectivity index (χ4v) is 1.65. The van der Waals surface area contributed by atoms with Gasteiger partial charge in [0.05, 0.1) is 13.2 Å². The Morgan fingerprint density at radius 3 is 2.57 bits per heavy atom. The maximum Gasteiger partial charge on any atom is 0.0589 e. The van der Waals surface area contributed by atoms with E-state index in [1.165, 1.54) is 0 Å². The SMILES string of the molecule is CCC(CCN)N(CCO)CCOC. The van der Waals surface area contributed by atoms with Crippen LogP contribution in [0.2, 0.25) is 0 Å². The van der Waals surface area contributed by atoms with Gasteiger partial charge in [-0.25, -0.2) is 0 Å². The first-order valence-corrected chi connectivity index (χ1v) is 5.34. The Bertz CT molecular complexity index is 123. The first-order valence-electron chi connectivity index (χ1n) is 5.34. The smallest absolute Gasteiger partial charge is 0.0589 e. The molecule has 0 aromatic rings. The molecule has 0 aliphatic heterocycles. The van der Waals surface area contributed by atoms with Crippen molar-refractivity contribution in [2.75, 3.05) is 40.0 Å². The zero-order valence-electron chi connectivity index (χ0n) is 9.41. The van der Waals surface area contributed by atoms with Crippen LogP contribution in [-0.2, 0) is 4.74 Å². The molecule has 3 N–H and O–H groups in total. The van der Waals surface area contributed by atoms with Crippen molar-refractivity contribution in [3.63, 3.8) is 0 Å². The zero-order valence-corrected chi connectivity index (χ0v) is 9.41. The highest BCUT2D eigenvalue weighted by Gasteiger charge is 2.14. The summed E-state index contributed by atoms with van der Waals surface area (Å²) in [6.45, 7) is 5.34. The maximum atomic E-state index is 8.93. The molecule has 86 valence electrons. The molecule has 4 nitrogen and oxygen atoms in total. The van der Waals surface area contributed by atoms with Gasteiger partial charge in [0.2, 0.25) is 0 Å². The molecule has 14 heavy (non-hydrogen) atoms. The number of aliphatic hydroxyl groups is 1. The van der Waals surface area contributed by atoms with Crippen LogP contribution in [0, 0.1) is 0 Å². The summed E-state index contributed by atoms with van der Waals surface area (Å²) in [5.74, 6) is 0. The Labute approximate surface area is 87.0 Å². The van der Waals surface area contributed by atoms with E-state index in [9.17, 15) is 0 Å². The van der Waals surface area contributed by atoms with Gasteiger partial charge >= 0.3 is 0 Å². The number of nitrogens with two attached hydrogens (primary N) is 1. The van der Waals surface area contributed by atoms with Crippen LogP contribution in [0.3, 0.4) is 0 Å². The minimum atomic E-state index is 0.199. The largest absolute Gasteiger partial charge is 0.395 e. The third-order valence-electron chi connectivity index (χ3n) is 2.46. The lowest BCUT2D eigenvalue weighted by Crippen LogP contribution is -2.40. The van der Waals surface area contributed by atoms with Crippen molar-refractivity contribution in [2.45, 2.75) is 25.8 Å². The Kier molecular flexibility index (Phi) is 9.29. The number of hydrogen-bond donors (Lipinski definition) is 2. The van der Waals surface area contributed by atoms with Crippen LogP contribution in [0.15, 0.2) is 0 Å². The first-order chi connectivity index (χ1) is 6.79. The monoisotopic (exact) mass is 204 g/mol. The first kappa shape index (κ1) is 13.8. The van der Waals surface area contributed by atoms with Crippen LogP contribution in [0.1, 0.15) is 19.8 Å². The molecular formula is C10H24N2O2. The molecule has 1 atom stereocenters. The Hall–Kier alpha value is -0.160. The molecule has 0 heterocycles. The van der Waals surface area contributed by atoms with Crippen LogP contribution < -0.4 is 5.73 Å². The second-order valence-corrected chi connectivity index (χ2v) is 3.39. The summed E-state index contributed by atoms with van der Waals surface area (Å²) in [6, 6.07) is 0.474. The third kappa shape index (κ3) is 5.54. The molecule has 0 fully saturated rings. The molecule has 0 amide bonds. The van der Waals surface area contributed by atoms with Crippen molar-refractivity contribution in [3.8, 4) is 0 Å². The molecule has 0 rings (SSSR count). The highest BCUT2D eigenvalue weighted by Crippen LogP contribution is 2.07. The lowest BCUT2D eigenvalue weighted by Gasteiger charge is -2.30. The molecule has 0 aliphatic carbocycles. The van der Waals surface area contributed by atoms with E-state index in [-0.39, 0.29) is 6.61 Å². The van der Waals surface area contributed by atoms with Gasteiger partial charge in [-0.2, -0.15) is 0 Å². The average molecular weight is 204 g/mol. The minimum absolute atomic E-state index is 0.199. The standard InChI is InChI=1S/C10H24N2O2/c1-3-10(4-5-11)12(6-8-13)7-9-14-2/h10,13H,3-9,11H2,1-2H3. The van der Waals surface area contributed by atoms with Crippen LogP contribution in [0.5, 0.6) is 0 Å². The lowest BCUT2D eigenvalue weighted by atomic mass is 10.1. The number of rotatable bonds is 9. The lowest BCUT2D eigenvalue weighted by molar-refractivity contribution is 0.0966. The molecule has 0 aromatic heterocycles. The van der Waals surface area contributed by atoms with Crippen molar-refractivity contribution in [1.82, 2.24) is 4.90 Å². The minimum Gasteiger partial charge on any atom is -0.395 e. The molecule has 0 saturated carbocycles. The highest BCUT2D eigenvalue weighted by atomic mass is 16.5. The van der Waals surface area contributed by atoms with Gasteiger partial charge in [0, 0.05) is 26.2 Å². The van der Waals surface area contributed by atoms with E-state index in [0.717, 1.165) is 19.4 Å². The van der Waals surface area contributed by atoms with E-state index in [4.69, 9.17) is 15.6 Å². The van der Waals surface area contributed by atoms with Gasteiger partial charge in [-0.1, -0.05) is 6.92 Å². The van der Waals surface area contributed by atoms with E-state index >= 15 is 0 Å². The third-order valence-corrected chi connectivity index (χ3v) is 2.46. The van der Waals surface area contributed by atoms with Crippen LogP contribution in [0.4, 0.5) is 0 Å².